The van der Waals surface area contributed by atoms with Crippen molar-refractivity contribution >= 4 is 10.0 Å². The van der Waals surface area contributed by atoms with E-state index in [1.54, 1.807) is 30.3 Å². The van der Waals surface area contributed by atoms with Crippen molar-refractivity contribution in [1.82, 2.24) is 9.62 Å². The number of hydrogen-bond acceptors (Lipinski definition) is 3. The van der Waals surface area contributed by atoms with Crippen LogP contribution in [0.15, 0.2) is 95.9 Å². The van der Waals surface area contributed by atoms with Crippen LogP contribution in [0.2, 0.25) is 0 Å². The Hall–Kier alpha value is -2.47. The molecule has 0 saturated heterocycles. The Labute approximate surface area is 161 Å². The molecule has 0 radical (unpaired) electrons. The van der Waals surface area contributed by atoms with E-state index in [9.17, 15) is 8.42 Å². The molecule has 0 heterocycles. The molecule has 0 aliphatic rings. The van der Waals surface area contributed by atoms with E-state index in [4.69, 9.17) is 0 Å². The summed E-state index contributed by atoms with van der Waals surface area (Å²) in [5.74, 6) is 0. The lowest BCUT2D eigenvalue weighted by atomic mass is 10.1. The zero-order valence-electron chi connectivity index (χ0n) is 15.3. The fourth-order valence-corrected chi connectivity index (χ4v) is 4.12. The van der Waals surface area contributed by atoms with Crippen LogP contribution in [-0.4, -0.2) is 26.9 Å². The second-order valence-corrected chi connectivity index (χ2v) is 8.26. The molecule has 0 unspecified atom stereocenters. The van der Waals surface area contributed by atoms with Crippen LogP contribution in [0.5, 0.6) is 0 Å². The van der Waals surface area contributed by atoms with Gasteiger partial charge in [0.1, 0.15) is 0 Å². The summed E-state index contributed by atoms with van der Waals surface area (Å²) in [5.41, 5.74) is 2.26. The standard InChI is InChI=1S/C22H24N2O2S/c1-24(18-19-11-5-2-6-12-19)22(20-13-7-3-8-14-20)17-23-27(25,26)21-15-9-4-10-16-21/h2-16,22-23H,17-18H2,1H3/t22-/m0/s1. The van der Waals surface area contributed by atoms with Crippen LogP contribution in [0.4, 0.5) is 0 Å². The lowest BCUT2D eigenvalue weighted by Gasteiger charge is -2.29. The van der Waals surface area contributed by atoms with E-state index in [1.807, 2.05) is 55.6 Å². The van der Waals surface area contributed by atoms with E-state index < -0.39 is 10.0 Å². The van der Waals surface area contributed by atoms with Crippen molar-refractivity contribution < 1.29 is 8.42 Å². The highest BCUT2D eigenvalue weighted by atomic mass is 32.2. The molecule has 0 bridgehead atoms. The summed E-state index contributed by atoms with van der Waals surface area (Å²) in [7, 11) is -1.53. The SMILES string of the molecule is CN(Cc1ccccc1)[C@@H](CNS(=O)(=O)c1ccccc1)c1ccccc1. The molecule has 1 atom stereocenters. The van der Waals surface area contributed by atoms with Gasteiger partial charge < -0.3 is 0 Å². The third kappa shape index (κ3) is 5.26. The fourth-order valence-electron chi connectivity index (χ4n) is 3.06. The highest BCUT2D eigenvalue weighted by Crippen LogP contribution is 2.21. The van der Waals surface area contributed by atoms with Gasteiger partial charge in [0.2, 0.25) is 10.0 Å². The normalized spacial score (nSPS) is 12.8. The molecule has 0 aliphatic heterocycles. The maximum absolute atomic E-state index is 12.6. The van der Waals surface area contributed by atoms with Gasteiger partial charge in [-0.05, 0) is 30.3 Å². The van der Waals surface area contributed by atoms with Crippen molar-refractivity contribution in [2.45, 2.75) is 17.5 Å². The first kappa shape index (κ1) is 19.3. The molecule has 3 rings (SSSR count). The van der Waals surface area contributed by atoms with Crippen LogP contribution in [0.3, 0.4) is 0 Å². The summed E-state index contributed by atoms with van der Waals surface area (Å²) >= 11 is 0. The first-order valence-corrected chi connectivity index (χ1v) is 10.4. The van der Waals surface area contributed by atoms with Crippen LogP contribution >= 0.6 is 0 Å². The minimum absolute atomic E-state index is 0.0788. The van der Waals surface area contributed by atoms with Crippen molar-refractivity contribution in [3.05, 3.63) is 102 Å². The van der Waals surface area contributed by atoms with Gasteiger partial charge in [-0.2, -0.15) is 0 Å². The molecule has 27 heavy (non-hydrogen) atoms. The number of nitrogens with zero attached hydrogens (tertiary/aromatic N) is 1. The fraction of sp³-hybridized carbons (Fsp3) is 0.182. The highest BCUT2D eigenvalue weighted by molar-refractivity contribution is 7.89. The molecule has 4 nitrogen and oxygen atoms in total. The average molecular weight is 381 g/mol. The molecular weight excluding hydrogens is 356 g/mol. The minimum atomic E-state index is -3.55. The largest absolute Gasteiger partial charge is 0.294 e. The van der Waals surface area contributed by atoms with Gasteiger partial charge in [0.25, 0.3) is 0 Å². The summed E-state index contributed by atoms with van der Waals surface area (Å²) < 4.78 is 28.0. The summed E-state index contributed by atoms with van der Waals surface area (Å²) in [4.78, 5) is 2.44. The topological polar surface area (TPSA) is 49.4 Å². The highest BCUT2D eigenvalue weighted by Gasteiger charge is 2.21. The Morgan fingerprint density at radius 1 is 0.815 bits per heavy atom. The zero-order chi connectivity index (χ0) is 19.1. The molecule has 0 amide bonds. The summed E-state index contributed by atoms with van der Waals surface area (Å²) in [6.07, 6.45) is 0. The Morgan fingerprint density at radius 3 is 1.93 bits per heavy atom. The van der Waals surface area contributed by atoms with Crippen LogP contribution in [0, 0.1) is 0 Å². The van der Waals surface area contributed by atoms with Gasteiger partial charge >= 0.3 is 0 Å². The van der Waals surface area contributed by atoms with Gasteiger partial charge in [-0.15, -0.1) is 0 Å². The number of hydrogen-bond donors (Lipinski definition) is 1. The van der Waals surface area contributed by atoms with Crippen LogP contribution in [-0.2, 0) is 16.6 Å². The molecule has 0 spiro atoms. The maximum Gasteiger partial charge on any atom is 0.240 e. The van der Waals surface area contributed by atoms with Gasteiger partial charge in [0.15, 0.2) is 0 Å². The van der Waals surface area contributed by atoms with Crippen molar-refractivity contribution in [1.29, 1.82) is 0 Å². The summed E-state index contributed by atoms with van der Waals surface area (Å²) in [5, 5.41) is 0. The molecule has 0 aromatic heterocycles. The molecule has 5 heteroatoms. The molecule has 3 aromatic rings. The Bertz CT molecular complexity index is 930. The van der Waals surface area contributed by atoms with Gasteiger partial charge in [-0.3, -0.25) is 4.90 Å². The lowest BCUT2D eigenvalue weighted by Crippen LogP contribution is -2.36. The third-order valence-electron chi connectivity index (χ3n) is 4.51. The van der Waals surface area contributed by atoms with Crippen molar-refractivity contribution in [3.63, 3.8) is 0 Å². The third-order valence-corrected chi connectivity index (χ3v) is 5.95. The molecule has 0 saturated carbocycles. The monoisotopic (exact) mass is 380 g/mol. The number of sulfonamides is 1. The molecule has 0 aliphatic carbocycles. The van der Waals surface area contributed by atoms with E-state index in [-0.39, 0.29) is 10.9 Å². The Kier molecular flexibility index (Phi) is 6.40. The molecular formula is C22H24N2O2S. The van der Waals surface area contributed by atoms with Gasteiger partial charge in [-0.1, -0.05) is 78.9 Å². The number of likely N-dealkylation sites (N-methyl/N-ethyl adjacent to an activating group) is 1. The lowest BCUT2D eigenvalue weighted by molar-refractivity contribution is 0.237. The van der Waals surface area contributed by atoms with E-state index in [1.165, 1.54) is 5.56 Å². The number of nitrogens with one attached hydrogen (secondary N) is 1. The van der Waals surface area contributed by atoms with Gasteiger partial charge in [0, 0.05) is 19.1 Å². The molecule has 140 valence electrons. The quantitative estimate of drug-likeness (QED) is 0.646. The van der Waals surface area contributed by atoms with Crippen molar-refractivity contribution in [2.75, 3.05) is 13.6 Å². The van der Waals surface area contributed by atoms with Crippen molar-refractivity contribution in [3.8, 4) is 0 Å². The van der Waals surface area contributed by atoms with Crippen LogP contribution < -0.4 is 4.72 Å². The predicted molar refractivity (Wildman–Crippen MR) is 109 cm³/mol. The number of rotatable bonds is 8. The van der Waals surface area contributed by atoms with E-state index >= 15 is 0 Å². The molecule has 3 aromatic carbocycles. The van der Waals surface area contributed by atoms with E-state index in [2.05, 4.69) is 21.8 Å². The smallest absolute Gasteiger partial charge is 0.240 e. The minimum Gasteiger partial charge on any atom is -0.294 e. The first-order valence-electron chi connectivity index (χ1n) is 8.90. The van der Waals surface area contributed by atoms with Crippen LogP contribution in [0.1, 0.15) is 17.2 Å². The zero-order valence-corrected chi connectivity index (χ0v) is 16.1. The Morgan fingerprint density at radius 2 is 1.33 bits per heavy atom. The van der Waals surface area contributed by atoms with E-state index in [0.717, 1.165) is 12.1 Å². The van der Waals surface area contributed by atoms with E-state index in [0.29, 0.717) is 6.54 Å². The predicted octanol–water partition coefficient (Wildman–Crippen LogP) is 3.84. The maximum atomic E-state index is 12.6. The average Bonchev–Trinajstić information content (AvgIpc) is 2.70. The summed E-state index contributed by atoms with van der Waals surface area (Å²) in [6, 6.07) is 28.5. The summed E-state index contributed by atoms with van der Waals surface area (Å²) in [6.45, 7) is 1.03. The van der Waals surface area contributed by atoms with Gasteiger partial charge in [-0.25, -0.2) is 13.1 Å². The number of benzene rings is 3. The second-order valence-electron chi connectivity index (χ2n) is 6.49. The second kappa shape index (κ2) is 8.95. The molecule has 1 N–H and O–H groups in total. The first-order chi connectivity index (χ1) is 13.1. The van der Waals surface area contributed by atoms with Crippen molar-refractivity contribution in [2.24, 2.45) is 0 Å². The van der Waals surface area contributed by atoms with Crippen LogP contribution in [0.25, 0.3) is 0 Å². The van der Waals surface area contributed by atoms with Gasteiger partial charge in [0.05, 0.1) is 4.90 Å². The Balaban J connectivity index is 1.78. The molecule has 0 fully saturated rings.